The normalized spacial score (nSPS) is 13.0. The first-order valence-electron chi connectivity index (χ1n) is 14.8. The maximum absolute atomic E-state index is 5.05. The van der Waals surface area contributed by atoms with Crippen LogP contribution in [-0.2, 0) is 54.2 Å². The van der Waals surface area contributed by atoms with Crippen molar-refractivity contribution >= 4 is 0 Å². The summed E-state index contributed by atoms with van der Waals surface area (Å²) < 4.78 is 0. The topological polar surface area (TPSA) is 86.0 Å². The van der Waals surface area contributed by atoms with Crippen LogP contribution in [0.1, 0.15) is 175 Å². The quantitative estimate of drug-likeness (QED) is 0.191. The Morgan fingerprint density at radius 2 is 0.545 bits per heavy atom. The largest absolute Gasteiger partial charge is 4.00 e. The summed E-state index contributed by atoms with van der Waals surface area (Å²) >= 11 is 0. The summed E-state index contributed by atoms with van der Waals surface area (Å²) in [6, 6.07) is 0. The van der Waals surface area contributed by atoms with Crippen molar-refractivity contribution in [3.63, 3.8) is 0 Å². The monoisotopic (exact) mass is 978 g/mol. The Balaban J connectivity index is 0. The molecule has 3 N–H and O–H groups in total. The van der Waals surface area contributed by atoms with E-state index < -0.39 is 0 Å². The SMILES string of the molecule is CC(C)(C)c1n[nH]c(C(C)(C)C)c1[C-](c1c(C(C)(C)C)n[nH]c1C(C)(C)C)c1c(C(C)(C)C)n[nH]c1C(C)(C)C.[I-].[I-].[I-].[Ti+4]. The molecule has 6 nitrogen and oxygen atoms in total. The second-order valence-corrected chi connectivity index (χ2v) is 17.8. The molecule has 0 atom stereocenters. The van der Waals surface area contributed by atoms with Crippen LogP contribution < -0.4 is 71.9 Å². The molecule has 0 aliphatic carbocycles. The van der Waals surface area contributed by atoms with Crippen molar-refractivity contribution in [2.45, 2.75) is 157 Å². The van der Waals surface area contributed by atoms with Crippen LogP contribution in [0.15, 0.2) is 0 Å². The van der Waals surface area contributed by atoms with Gasteiger partial charge in [-0.1, -0.05) is 131 Å². The van der Waals surface area contributed by atoms with Gasteiger partial charge in [0.25, 0.3) is 0 Å². The fourth-order valence-corrected chi connectivity index (χ4v) is 5.39. The van der Waals surface area contributed by atoms with E-state index in [2.05, 4.69) is 140 Å². The van der Waals surface area contributed by atoms with Crippen molar-refractivity contribution in [3.8, 4) is 0 Å². The van der Waals surface area contributed by atoms with E-state index in [-0.39, 0.29) is 126 Å². The second kappa shape index (κ2) is 14.9. The summed E-state index contributed by atoms with van der Waals surface area (Å²) in [7, 11) is 0. The number of rotatable bonds is 3. The molecule has 0 fully saturated rings. The van der Waals surface area contributed by atoms with Crippen LogP contribution in [0.4, 0.5) is 0 Å². The van der Waals surface area contributed by atoms with Gasteiger partial charge in [0.1, 0.15) is 0 Å². The van der Waals surface area contributed by atoms with Gasteiger partial charge in [0.2, 0.25) is 0 Å². The average molecular weight is 978 g/mol. The maximum atomic E-state index is 5.05. The van der Waals surface area contributed by atoms with E-state index in [0.717, 1.165) is 34.2 Å². The molecule has 3 aromatic heterocycles. The van der Waals surface area contributed by atoms with Crippen LogP contribution in [0.3, 0.4) is 0 Å². The number of nitrogens with zero attached hydrogens (tertiary/aromatic N) is 3. The molecule has 0 spiro atoms. The maximum Gasteiger partial charge on any atom is 4.00 e. The molecule has 0 aliphatic heterocycles. The Labute approximate surface area is 334 Å². The Kier molecular flexibility index (Phi) is 15.7. The summed E-state index contributed by atoms with van der Waals surface area (Å²) in [5.74, 6) is 1.18. The fourth-order valence-electron chi connectivity index (χ4n) is 5.39. The van der Waals surface area contributed by atoms with Gasteiger partial charge in [0.15, 0.2) is 0 Å². The Bertz CT molecular complexity index is 1100. The van der Waals surface area contributed by atoms with Gasteiger partial charge >= 0.3 is 21.7 Å². The van der Waals surface area contributed by atoms with Crippen LogP contribution >= 0.6 is 0 Å². The number of aromatic nitrogens is 6. The van der Waals surface area contributed by atoms with Gasteiger partial charge in [-0.05, 0) is 49.2 Å². The van der Waals surface area contributed by atoms with Crippen molar-refractivity contribution in [2.24, 2.45) is 0 Å². The molecule has 0 bridgehead atoms. The molecular formula is C34H57I3N6Ti. The van der Waals surface area contributed by atoms with Crippen molar-refractivity contribution < 1.29 is 93.6 Å². The summed E-state index contributed by atoms with van der Waals surface area (Å²) in [5.41, 5.74) is 9.04. The van der Waals surface area contributed by atoms with E-state index in [1.807, 2.05) is 0 Å². The first-order valence-corrected chi connectivity index (χ1v) is 14.8. The number of hydrogen-bond acceptors (Lipinski definition) is 3. The van der Waals surface area contributed by atoms with Crippen LogP contribution in [0.2, 0.25) is 0 Å². The van der Waals surface area contributed by atoms with Crippen molar-refractivity contribution in [1.29, 1.82) is 0 Å². The summed E-state index contributed by atoms with van der Waals surface area (Å²) in [4.78, 5) is 0. The van der Waals surface area contributed by atoms with Gasteiger partial charge in [-0.2, -0.15) is 0 Å². The fraction of sp³-hybridized carbons (Fsp3) is 0.706. The zero-order valence-electron chi connectivity index (χ0n) is 30.5. The van der Waals surface area contributed by atoms with Gasteiger partial charge in [0.05, 0.1) is 0 Å². The zero-order chi connectivity index (χ0) is 31.0. The predicted molar refractivity (Wildman–Crippen MR) is 169 cm³/mol. The number of hydrogen-bond donors (Lipinski definition) is 3. The molecule has 44 heavy (non-hydrogen) atoms. The number of aromatic amines is 3. The molecule has 0 radical (unpaired) electrons. The molecule has 0 saturated carbocycles. The molecular weight excluding hydrogens is 921 g/mol. The van der Waals surface area contributed by atoms with Crippen molar-refractivity contribution in [3.05, 3.63) is 56.8 Å². The molecule has 0 aromatic carbocycles. The Hall–Kier alpha value is 0.404. The predicted octanol–water partition coefficient (Wildman–Crippen LogP) is -0.330. The summed E-state index contributed by atoms with van der Waals surface area (Å²) in [6.07, 6.45) is 0. The summed E-state index contributed by atoms with van der Waals surface area (Å²) in [6.45, 7) is 40.7. The van der Waals surface area contributed by atoms with Crippen LogP contribution in [0, 0.1) is 5.92 Å². The second-order valence-electron chi connectivity index (χ2n) is 17.8. The summed E-state index contributed by atoms with van der Waals surface area (Å²) in [5, 5.41) is 25.7. The number of H-pyrrole nitrogens is 3. The van der Waals surface area contributed by atoms with Gasteiger partial charge in [-0.25, -0.2) is 15.3 Å². The minimum Gasteiger partial charge on any atom is -1.00 e. The van der Waals surface area contributed by atoms with Crippen molar-refractivity contribution in [1.82, 2.24) is 30.6 Å². The first-order chi connectivity index (χ1) is 17.7. The molecule has 10 heteroatoms. The number of halogens is 3. The van der Waals surface area contributed by atoms with Gasteiger partial charge in [-0.3, -0.25) is 0 Å². The minimum atomic E-state index is -0.193. The van der Waals surface area contributed by atoms with E-state index in [4.69, 9.17) is 15.3 Å². The molecule has 3 aromatic rings. The average Bonchev–Trinajstić information content (AvgIpc) is 3.42. The Morgan fingerprint density at radius 1 is 0.364 bits per heavy atom. The van der Waals surface area contributed by atoms with Crippen LogP contribution in [0.5, 0.6) is 0 Å². The van der Waals surface area contributed by atoms with Crippen molar-refractivity contribution in [2.75, 3.05) is 0 Å². The third kappa shape index (κ3) is 9.52. The van der Waals surface area contributed by atoms with Gasteiger partial charge in [0, 0.05) is 34.2 Å². The van der Waals surface area contributed by atoms with E-state index in [0.29, 0.717) is 0 Å². The minimum absolute atomic E-state index is 0. The molecule has 3 rings (SSSR count). The standard InChI is InChI=1S/C34H57N6.3HI.Ti/c1-29(2,3)23-20(24(36-35-23)30(4,5)6)19(21-25(31(7,8)9)37-38-26(21)32(10,11)12)22-27(33(13,14)15)39-40-28(22)34(16,17)18;;;;/h1-18H3,(H,35,36)(H,37,38)(H,39,40);3*1H;/q-1;;;;+4/p-3. The van der Waals surface area contributed by atoms with Gasteiger partial charge < -0.3 is 87.2 Å². The van der Waals surface area contributed by atoms with Crippen LogP contribution in [-0.4, -0.2) is 30.6 Å². The molecule has 0 aliphatic rings. The van der Waals surface area contributed by atoms with Crippen LogP contribution in [0.25, 0.3) is 0 Å². The van der Waals surface area contributed by atoms with E-state index in [1.54, 1.807) is 0 Å². The smallest absolute Gasteiger partial charge is 1.00 e. The van der Waals surface area contributed by atoms with E-state index >= 15 is 0 Å². The number of nitrogens with one attached hydrogen (secondary N) is 3. The Morgan fingerprint density at radius 3 is 0.682 bits per heavy atom. The molecule has 0 unspecified atom stereocenters. The molecule has 0 amide bonds. The first kappa shape index (κ1) is 46.5. The van der Waals surface area contributed by atoms with Gasteiger partial charge in [-0.15, -0.1) is 0 Å². The van der Waals surface area contributed by atoms with E-state index in [1.165, 1.54) is 22.6 Å². The van der Waals surface area contributed by atoms with E-state index in [9.17, 15) is 0 Å². The molecule has 3 heterocycles. The molecule has 248 valence electrons. The zero-order valence-corrected chi connectivity index (χ0v) is 38.5. The third-order valence-electron chi connectivity index (χ3n) is 7.43. The third-order valence-corrected chi connectivity index (χ3v) is 7.43. The molecule has 0 saturated heterocycles.